The maximum absolute atomic E-state index is 13.8. The van der Waals surface area contributed by atoms with E-state index in [9.17, 15) is 18.0 Å². The maximum Gasteiger partial charge on any atom is 0.244 e. The zero-order chi connectivity index (χ0) is 27.3. The van der Waals surface area contributed by atoms with Crippen LogP contribution in [0.15, 0.2) is 36.4 Å². The van der Waals surface area contributed by atoms with Crippen molar-refractivity contribution >= 4 is 73.9 Å². The van der Waals surface area contributed by atoms with Gasteiger partial charge in [-0.3, -0.25) is 13.9 Å². The predicted octanol–water partition coefficient (Wildman–Crippen LogP) is 5.93. The molecule has 0 saturated heterocycles. The second-order valence-corrected chi connectivity index (χ2v) is 12.5. The molecule has 1 N–H and O–H groups in total. The number of rotatable bonds is 10. The summed E-state index contributed by atoms with van der Waals surface area (Å²) in [5.74, 6) is -0.865. The lowest BCUT2D eigenvalue weighted by Gasteiger charge is -2.33. The highest BCUT2D eigenvalue weighted by molar-refractivity contribution is 7.92. The van der Waals surface area contributed by atoms with Gasteiger partial charge in [0.2, 0.25) is 21.8 Å². The molecule has 0 heterocycles. The maximum atomic E-state index is 13.8. The van der Waals surface area contributed by atoms with Gasteiger partial charge in [0.25, 0.3) is 0 Å². The van der Waals surface area contributed by atoms with Crippen LogP contribution < -0.4 is 9.62 Å². The SMILES string of the molecule is CC[C@@H](C(=O)NC1CCCC1)N(Cc1ccc(Cl)c(Cl)c1)C(=O)CN(c1cccc(Cl)c1Cl)S(C)(=O)=O. The van der Waals surface area contributed by atoms with Crippen LogP contribution in [0.4, 0.5) is 5.69 Å². The number of anilines is 1. The molecule has 1 aliphatic rings. The summed E-state index contributed by atoms with van der Waals surface area (Å²) in [6.07, 6.45) is 5.15. The third-order valence-electron chi connectivity index (χ3n) is 6.30. The Morgan fingerprint density at radius 1 is 1.03 bits per heavy atom. The third-order valence-corrected chi connectivity index (χ3v) is 8.98. The van der Waals surface area contributed by atoms with E-state index < -0.39 is 28.5 Å². The van der Waals surface area contributed by atoms with E-state index in [0.717, 1.165) is 36.2 Å². The number of hydrogen-bond acceptors (Lipinski definition) is 4. The number of halogens is 4. The zero-order valence-corrected chi connectivity index (χ0v) is 24.4. The standard InChI is InChI=1S/C25H29Cl4N3O4S/c1-3-21(25(34)30-17-7-4-5-8-17)31(14-16-11-12-18(26)20(28)13-16)23(33)15-32(37(2,35)36)22-10-6-9-19(27)24(22)29/h6,9-13,17,21H,3-5,7-8,14-15H2,1-2H3,(H,30,34)/t21-/m0/s1. The lowest BCUT2D eigenvalue weighted by molar-refractivity contribution is -0.140. The van der Waals surface area contributed by atoms with E-state index in [1.807, 2.05) is 0 Å². The number of benzene rings is 2. The van der Waals surface area contributed by atoms with Crippen molar-refractivity contribution in [3.05, 3.63) is 62.1 Å². The first-order valence-corrected chi connectivity index (χ1v) is 15.2. The molecule has 1 saturated carbocycles. The van der Waals surface area contributed by atoms with E-state index in [1.54, 1.807) is 31.2 Å². The minimum Gasteiger partial charge on any atom is -0.352 e. The minimum absolute atomic E-state index is 0.00411. The van der Waals surface area contributed by atoms with E-state index in [2.05, 4.69) is 5.32 Å². The van der Waals surface area contributed by atoms with Gasteiger partial charge in [-0.1, -0.05) is 78.3 Å². The van der Waals surface area contributed by atoms with Gasteiger partial charge in [0.15, 0.2) is 0 Å². The minimum atomic E-state index is -3.94. The molecule has 1 fully saturated rings. The fourth-order valence-electron chi connectivity index (χ4n) is 4.40. The number of sulfonamides is 1. The molecule has 0 aliphatic heterocycles. The summed E-state index contributed by atoms with van der Waals surface area (Å²) < 4.78 is 26.4. The van der Waals surface area contributed by atoms with Crippen LogP contribution in [0.1, 0.15) is 44.6 Å². The first kappa shape index (κ1) is 29.8. The first-order valence-electron chi connectivity index (χ1n) is 11.9. The second-order valence-electron chi connectivity index (χ2n) is 9.03. The molecule has 0 aromatic heterocycles. The topological polar surface area (TPSA) is 86.8 Å². The highest BCUT2D eigenvalue weighted by Crippen LogP contribution is 2.34. The van der Waals surface area contributed by atoms with E-state index in [4.69, 9.17) is 46.4 Å². The average molecular weight is 609 g/mol. The van der Waals surface area contributed by atoms with Gasteiger partial charge in [-0.15, -0.1) is 0 Å². The lowest BCUT2D eigenvalue weighted by Crippen LogP contribution is -2.53. The van der Waals surface area contributed by atoms with Crippen molar-refractivity contribution in [2.24, 2.45) is 0 Å². The fraction of sp³-hybridized carbons (Fsp3) is 0.440. The average Bonchev–Trinajstić information content (AvgIpc) is 3.34. The van der Waals surface area contributed by atoms with Crippen LogP contribution in [0.2, 0.25) is 20.1 Å². The molecule has 0 radical (unpaired) electrons. The van der Waals surface area contributed by atoms with Crippen LogP contribution in [-0.4, -0.2) is 50.0 Å². The third kappa shape index (κ3) is 7.67. The molecule has 202 valence electrons. The molecule has 12 heteroatoms. The Morgan fingerprint density at radius 3 is 2.30 bits per heavy atom. The van der Waals surface area contributed by atoms with Gasteiger partial charge in [0.05, 0.1) is 32.0 Å². The van der Waals surface area contributed by atoms with Gasteiger partial charge < -0.3 is 10.2 Å². The number of nitrogens with zero attached hydrogens (tertiary/aromatic N) is 2. The highest BCUT2D eigenvalue weighted by atomic mass is 35.5. The van der Waals surface area contributed by atoms with Crippen LogP contribution in [-0.2, 0) is 26.2 Å². The summed E-state index contributed by atoms with van der Waals surface area (Å²) in [4.78, 5) is 28.5. The van der Waals surface area contributed by atoms with E-state index in [1.165, 1.54) is 17.0 Å². The molecule has 2 aromatic rings. The Hall–Kier alpha value is -1.71. The summed E-state index contributed by atoms with van der Waals surface area (Å²) in [5.41, 5.74) is 0.713. The number of hydrogen-bond donors (Lipinski definition) is 1. The monoisotopic (exact) mass is 607 g/mol. The summed E-state index contributed by atoms with van der Waals surface area (Å²) >= 11 is 24.7. The van der Waals surface area contributed by atoms with Gasteiger partial charge in [-0.25, -0.2) is 8.42 Å². The second kappa shape index (κ2) is 12.9. The first-order chi connectivity index (χ1) is 17.4. The summed E-state index contributed by atoms with van der Waals surface area (Å²) in [5, 5.41) is 3.86. The van der Waals surface area contributed by atoms with Crippen molar-refractivity contribution in [3.63, 3.8) is 0 Å². The summed E-state index contributed by atoms with van der Waals surface area (Å²) in [7, 11) is -3.94. The molecular formula is C25H29Cl4N3O4S. The van der Waals surface area contributed by atoms with E-state index in [0.29, 0.717) is 22.0 Å². The van der Waals surface area contributed by atoms with Crippen molar-refractivity contribution in [2.45, 2.75) is 57.7 Å². The van der Waals surface area contributed by atoms with E-state index >= 15 is 0 Å². The molecule has 0 bridgehead atoms. The van der Waals surface area contributed by atoms with Crippen LogP contribution >= 0.6 is 46.4 Å². The highest BCUT2D eigenvalue weighted by Gasteiger charge is 2.33. The zero-order valence-electron chi connectivity index (χ0n) is 20.5. The predicted molar refractivity (Wildman–Crippen MR) is 150 cm³/mol. The van der Waals surface area contributed by atoms with Crippen LogP contribution in [0.3, 0.4) is 0 Å². The van der Waals surface area contributed by atoms with E-state index in [-0.39, 0.29) is 34.2 Å². The number of nitrogens with one attached hydrogen (secondary N) is 1. The van der Waals surface area contributed by atoms with Gasteiger partial charge in [-0.2, -0.15) is 0 Å². The van der Waals surface area contributed by atoms with Gasteiger partial charge >= 0.3 is 0 Å². The Kier molecular flexibility index (Phi) is 10.4. The molecule has 0 spiro atoms. The Balaban J connectivity index is 1.97. The van der Waals surface area contributed by atoms with Crippen LogP contribution in [0, 0.1) is 0 Å². The molecule has 1 aliphatic carbocycles. The van der Waals surface area contributed by atoms with Crippen molar-refractivity contribution in [1.82, 2.24) is 10.2 Å². The van der Waals surface area contributed by atoms with Gasteiger partial charge in [-0.05, 0) is 49.1 Å². The smallest absolute Gasteiger partial charge is 0.244 e. The number of carbonyl (C=O) groups excluding carboxylic acids is 2. The Bertz CT molecular complexity index is 1250. The fourth-order valence-corrected chi connectivity index (χ4v) is 6.02. The summed E-state index contributed by atoms with van der Waals surface area (Å²) in [6, 6.07) is 8.69. The lowest BCUT2D eigenvalue weighted by atomic mass is 10.1. The molecule has 7 nitrogen and oxygen atoms in total. The molecule has 0 unspecified atom stereocenters. The van der Waals surface area contributed by atoms with Crippen LogP contribution in [0.25, 0.3) is 0 Å². The van der Waals surface area contributed by atoms with Gasteiger partial charge in [0, 0.05) is 12.6 Å². The van der Waals surface area contributed by atoms with Crippen molar-refractivity contribution in [2.75, 3.05) is 17.1 Å². The van der Waals surface area contributed by atoms with Crippen LogP contribution in [0.5, 0.6) is 0 Å². The Labute approximate surface area is 238 Å². The van der Waals surface area contributed by atoms with Crippen molar-refractivity contribution in [3.8, 4) is 0 Å². The largest absolute Gasteiger partial charge is 0.352 e. The molecule has 1 atom stereocenters. The van der Waals surface area contributed by atoms with Crippen molar-refractivity contribution in [1.29, 1.82) is 0 Å². The van der Waals surface area contributed by atoms with Gasteiger partial charge in [0.1, 0.15) is 12.6 Å². The molecule has 2 aromatic carbocycles. The molecular weight excluding hydrogens is 580 g/mol. The molecule has 3 rings (SSSR count). The number of carbonyl (C=O) groups is 2. The summed E-state index contributed by atoms with van der Waals surface area (Å²) in [6.45, 7) is 1.25. The van der Waals surface area contributed by atoms with Crippen molar-refractivity contribution < 1.29 is 18.0 Å². The molecule has 2 amide bonds. The quantitative estimate of drug-likeness (QED) is 0.362. The number of amides is 2. The normalized spacial score (nSPS) is 14.9. The molecule has 37 heavy (non-hydrogen) atoms. The Morgan fingerprint density at radius 2 is 1.70 bits per heavy atom.